The Balaban J connectivity index is 1.75. The molecule has 1 aromatic carbocycles. The highest BCUT2D eigenvalue weighted by molar-refractivity contribution is 7.71. The molecule has 7 nitrogen and oxygen atoms in total. The minimum Gasteiger partial charge on any atom is -0.352 e. The molecule has 0 bridgehead atoms. The van der Waals surface area contributed by atoms with Crippen molar-refractivity contribution in [2.24, 2.45) is 0 Å². The fourth-order valence-electron chi connectivity index (χ4n) is 3.44. The van der Waals surface area contributed by atoms with Crippen molar-refractivity contribution in [1.29, 1.82) is 0 Å². The number of aromatic amines is 1. The van der Waals surface area contributed by atoms with E-state index in [1.807, 2.05) is 4.90 Å². The molecule has 0 spiro atoms. The van der Waals surface area contributed by atoms with Crippen molar-refractivity contribution in [2.75, 3.05) is 19.6 Å². The molecule has 1 aliphatic rings. The van der Waals surface area contributed by atoms with E-state index in [2.05, 4.69) is 17.2 Å². The van der Waals surface area contributed by atoms with Gasteiger partial charge in [0.25, 0.3) is 11.5 Å². The Morgan fingerprint density at radius 1 is 1.25 bits per heavy atom. The van der Waals surface area contributed by atoms with E-state index in [0.29, 0.717) is 53.7 Å². The molecule has 0 radical (unpaired) electrons. The molecule has 0 atom stereocenters. The van der Waals surface area contributed by atoms with Crippen molar-refractivity contribution in [1.82, 2.24) is 19.8 Å². The number of rotatable bonds is 8. The largest absolute Gasteiger partial charge is 0.352 e. The van der Waals surface area contributed by atoms with Crippen LogP contribution in [0, 0.1) is 4.77 Å². The van der Waals surface area contributed by atoms with Crippen LogP contribution in [-0.2, 0) is 11.3 Å². The second kappa shape index (κ2) is 9.14. The van der Waals surface area contributed by atoms with E-state index in [4.69, 9.17) is 12.2 Å². The number of carbonyl (C=O) groups is 2. The zero-order chi connectivity index (χ0) is 20.1. The Bertz CT molecular complexity index is 995. The molecule has 3 rings (SSSR count). The van der Waals surface area contributed by atoms with Gasteiger partial charge in [0.15, 0.2) is 4.77 Å². The average molecular weight is 403 g/mol. The van der Waals surface area contributed by atoms with Gasteiger partial charge >= 0.3 is 0 Å². The SMILES string of the molecule is CCCCNC(=O)c1ccc2c(=O)n(CCCN3CCCC3=O)c(=S)[nH]c2c1. The maximum atomic E-state index is 12.8. The standard InChI is InChI=1S/C20H26N4O3S/c1-2-3-9-21-18(26)14-7-8-15-16(13-14)22-20(28)24(19(15)27)12-5-11-23-10-4-6-17(23)25/h7-8,13H,2-6,9-12H2,1H3,(H,21,26)(H,22,28). The van der Waals surface area contributed by atoms with E-state index in [-0.39, 0.29) is 17.4 Å². The highest BCUT2D eigenvalue weighted by atomic mass is 32.1. The van der Waals surface area contributed by atoms with E-state index in [0.717, 1.165) is 25.8 Å². The first kappa shape index (κ1) is 20.3. The van der Waals surface area contributed by atoms with Gasteiger partial charge in [0.2, 0.25) is 5.91 Å². The van der Waals surface area contributed by atoms with E-state index in [9.17, 15) is 14.4 Å². The predicted octanol–water partition coefficient (Wildman–Crippen LogP) is 2.60. The van der Waals surface area contributed by atoms with Crippen LogP contribution in [0.2, 0.25) is 0 Å². The van der Waals surface area contributed by atoms with E-state index < -0.39 is 0 Å². The monoisotopic (exact) mass is 402 g/mol. The third kappa shape index (κ3) is 4.49. The number of fused-ring (bicyclic) bond motifs is 1. The van der Waals surface area contributed by atoms with Gasteiger partial charge in [0, 0.05) is 38.2 Å². The number of unbranched alkanes of at least 4 members (excludes halogenated alkanes) is 1. The molecule has 2 heterocycles. The third-order valence-corrected chi connectivity index (χ3v) is 5.36. The van der Waals surface area contributed by atoms with Crippen molar-refractivity contribution in [2.45, 2.75) is 45.6 Å². The lowest BCUT2D eigenvalue weighted by Gasteiger charge is -2.16. The van der Waals surface area contributed by atoms with Crippen LogP contribution in [0.15, 0.2) is 23.0 Å². The second-order valence-electron chi connectivity index (χ2n) is 7.09. The Hall–Kier alpha value is -2.48. The van der Waals surface area contributed by atoms with Gasteiger partial charge in [-0.05, 0) is 49.7 Å². The molecule has 28 heavy (non-hydrogen) atoms. The molecule has 150 valence electrons. The quantitative estimate of drug-likeness (QED) is 0.525. The van der Waals surface area contributed by atoms with Crippen LogP contribution < -0.4 is 10.9 Å². The first-order valence-electron chi connectivity index (χ1n) is 9.84. The normalized spacial score (nSPS) is 14.0. The van der Waals surface area contributed by atoms with E-state index in [1.165, 1.54) is 4.57 Å². The highest BCUT2D eigenvalue weighted by Gasteiger charge is 2.19. The number of benzene rings is 1. The molecule has 0 aliphatic carbocycles. The van der Waals surface area contributed by atoms with E-state index in [1.54, 1.807) is 18.2 Å². The predicted molar refractivity (Wildman–Crippen MR) is 111 cm³/mol. The molecule has 2 N–H and O–H groups in total. The molecule has 8 heteroatoms. The maximum absolute atomic E-state index is 12.8. The molecule has 2 aromatic rings. The molecule has 1 aliphatic heterocycles. The average Bonchev–Trinajstić information content (AvgIpc) is 3.09. The van der Waals surface area contributed by atoms with Gasteiger partial charge in [0.1, 0.15) is 0 Å². The molecule has 1 aromatic heterocycles. The number of nitrogens with one attached hydrogen (secondary N) is 2. The van der Waals surface area contributed by atoms with Crippen LogP contribution in [0.5, 0.6) is 0 Å². The van der Waals surface area contributed by atoms with Gasteiger partial charge in [0.05, 0.1) is 10.9 Å². The Kier molecular flexibility index (Phi) is 6.61. The Morgan fingerprint density at radius 2 is 2.07 bits per heavy atom. The number of hydrogen-bond donors (Lipinski definition) is 2. The summed E-state index contributed by atoms with van der Waals surface area (Å²) in [5, 5.41) is 3.37. The first-order chi connectivity index (χ1) is 13.5. The molecular weight excluding hydrogens is 376 g/mol. The fraction of sp³-hybridized carbons (Fsp3) is 0.500. The summed E-state index contributed by atoms with van der Waals surface area (Å²) in [6.45, 7) is 4.57. The smallest absolute Gasteiger partial charge is 0.262 e. The van der Waals surface area contributed by atoms with E-state index >= 15 is 0 Å². The number of hydrogen-bond acceptors (Lipinski definition) is 4. The summed E-state index contributed by atoms with van der Waals surface area (Å²) in [7, 11) is 0. The summed E-state index contributed by atoms with van der Waals surface area (Å²) in [5.74, 6) is 0.0230. The lowest BCUT2D eigenvalue weighted by molar-refractivity contribution is -0.127. The topological polar surface area (TPSA) is 87.2 Å². The summed E-state index contributed by atoms with van der Waals surface area (Å²) in [6, 6.07) is 4.99. The zero-order valence-electron chi connectivity index (χ0n) is 16.1. The van der Waals surface area contributed by atoms with Gasteiger partial charge in [-0.2, -0.15) is 0 Å². The van der Waals surface area contributed by atoms with Gasteiger partial charge < -0.3 is 15.2 Å². The second-order valence-corrected chi connectivity index (χ2v) is 7.48. The number of amides is 2. The fourth-order valence-corrected chi connectivity index (χ4v) is 3.72. The van der Waals surface area contributed by atoms with Crippen LogP contribution in [0.1, 0.15) is 49.4 Å². The number of aromatic nitrogens is 2. The van der Waals surface area contributed by atoms with Crippen LogP contribution in [0.25, 0.3) is 10.9 Å². The highest BCUT2D eigenvalue weighted by Crippen LogP contribution is 2.12. The van der Waals surface area contributed by atoms with Crippen molar-refractivity contribution >= 4 is 34.9 Å². The molecule has 2 amide bonds. The summed E-state index contributed by atoms with van der Waals surface area (Å²) in [5.41, 5.74) is 0.882. The van der Waals surface area contributed by atoms with Crippen LogP contribution in [0.3, 0.4) is 0 Å². The van der Waals surface area contributed by atoms with Gasteiger partial charge in [-0.25, -0.2) is 0 Å². The van der Waals surface area contributed by atoms with Crippen molar-refractivity contribution < 1.29 is 9.59 Å². The number of carbonyl (C=O) groups excluding carboxylic acids is 2. The molecule has 1 fully saturated rings. The van der Waals surface area contributed by atoms with Gasteiger partial charge in [-0.15, -0.1) is 0 Å². The Morgan fingerprint density at radius 3 is 2.79 bits per heavy atom. The minimum absolute atomic E-state index is 0.158. The van der Waals surface area contributed by atoms with Gasteiger partial charge in [-0.1, -0.05) is 13.3 Å². The molecule has 1 saturated heterocycles. The number of likely N-dealkylation sites (tertiary alicyclic amines) is 1. The first-order valence-corrected chi connectivity index (χ1v) is 10.2. The summed E-state index contributed by atoms with van der Waals surface area (Å²) < 4.78 is 1.85. The van der Waals surface area contributed by atoms with Crippen molar-refractivity contribution in [3.8, 4) is 0 Å². The molecule has 0 saturated carbocycles. The minimum atomic E-state index is -0.176. The lowest BCUT2D eigenvalue weighted by atomic mass is 10.1. The van der Waals surface area contributed by atoms with Crippen molar-refractivity contribution in [3.05, 3.63) is 38.9 Å². The van der Waals surface area contributed by atoms with Crippen molar-refractivity contribution in [3.63, 3.8) is 0 Å². The van der Waals surface area contributed by atoms with Crippen LogP contribution in [0.4, 0.5) is 0 Å². The summed E-state index contributed by atoms with van der Waals surface area (Å²) >= 11 is 5.36. The Labute approximate surface area is 168 Å². The van der Waals surface area contributed by atoms with Gasteiger partial charge in [-0.3, -0.25) is 19.0 Å². The molecular formula is C20H26N4O3S. The third-order valence-electron chi connectivity index (χ3n) is 5.04. The summed E-state index contributed by atoms with van der Waals surface area (Å²) in [6.07, 6.45) is 4.13. The van der Waals surface area contributed by atoms with Crippen LogP contribution in [-0.4, -0.2) is 45.9 Å². The number of H-pyrrole nitrogens is 1. The maximum Gasteiger partial charge on any atom is 0.262 e. The summed E-state index contributed by atoms with van der Waals surface area (Å²) in [4.78, 5) is 41.7. The molecule has 0 unspecified atom stereocenters. The number of nitrogens with zero attached hydrogens (tertiary/aromatic N) is 2. The lowest BCUT2D eigenvalue weighted by Crippen LogP contribution is -2.29. The van der Waals surface area contributed by atoms with Crippen LogP contribution >= 0.6 is 12.2 Å². The zero-order valence-corrected chi connectivity index (χ0v) is 16.9.